The Bertz CT molecular complexity index is 810. The normalized spacial score (nSPS) is 10.8. The van der Waals surface area contributed by atoms with Crippen LogP contribution in [-0.2, 0) is 19.6 Å². The molecular weight excluding hydrogens is 344 g/mol. The third-order valence-corrected chi connectivity index (χ3v) is 4.22. The molecule has 0 atom stereocenters. The Morgan fingerprint density at radius 3 is 2.19 bits per heavy atom. The van der Waals surface area contributed by atoms with Crippen molar-refractivity contribution >= 4 is 0 Å². The molecule has 0 radical (unpaired) electrons. The van der Waals surface area contributed by atoms with Crippen molar-refractivity contribution in [3.05, 3.63) is 71.9 Å². The summed E-state index contributed by atoms with van der Waals surface area (Å²) in [5.41, 5.74) is 2.19. The lowest BCUT2D eigenvalue weighted by molar-refractivity contribution is 0.225. The Balaban J connectivity index is 1.86. The number of hydrogen-bond acceptors (Lipinski definition) is 6. The van der Waals surface area contributed by atoms with Gasteiger partial charge in [0.1, 0.15) is 5.76 Å². The van der Waals surface area contributed by atoms with Gasteiger partial charge in [0.05, 0.1) is 34.1 Å². The second kappa shape index (κ2) is 9.09. The summed E-state index contributed by atoms with van der Waals surface area (Å²) in [6.07, 6.45) is 5.35. The molecule has 27 heavy (non-hydrogen) atoms. The minimum Gasteiger partial charge on any atom is -0.493 e. The van der Waals surface area contributed by atoms with Gasteiger partial charge in [-0.2, -0.15) is 0 Å². The summed E-state index contributed by atoms with van der Waals surface area (Å²) >= 11 is 0. The molecule has 0 saturated heterocycles. The van der Waals surface area contributed by atoms with Crippen LogP contribution in [0.2, 0.25) is 0 Å². The van der Waals surface area contributed by atoms with Gasteiger partial charge in [-0.25, -0.2) is 0 Å². The molecule has 0 N–H and O–H groups in total. The van der Waals surface area contributed by atoms with Crippen LogP contribution in [0.4, 0.5) is 0 Å². The van der Waals surface area contributed by atoms with Crippen LogP contribution in [0.25, 0.3) is 0 Å². The summed E-state index contributed by atoms with van der Waals surface area (Å²) in [5.74, 6) is 2.79. The maximum absolute atomic E-state index is 5.54. The van der Waals surface area contributed by atoms with Crippen molar-refractivity contribution in [3.63, 3.8) is 0 Å². The maximum atomic E-state index is 5.54. The number of rotatable bonds is 9. The van der Waals surface area contributed by atoms with Gasteiger partial charge in [-0.1, -0.05) is 6.07 Å². The van der Waals surface area contributed by atoms with Gasteiger partial charge in [0.2, 0.25) is 5.75 Å². The molecule has 0 saturated carbocycles. The lowest BCUT2D eigenvalue weighted by atomic mass is 10.1. The fraction of sp³-hybridized carbons (Fsp3) is 0.286. The molecule has 6 heteroatoms. The summed E-state index contributed by atoms with van der Waals surface area (Å²) in [7, 11) is 4.85. The van der Waals surface area contributed by atoms with E-state index in [-0.39, 0.29) is 0 Å². The molecule has 0 bridgehead atoms. The van der Waals surface area contributed by atoms with Crippen molar-refractivity contribution in [2.75, 3.05) is 21.3 Å². The van der Waals surface area contributed by atoms with Gasteiger partial charge in [0.15, 0.2) is 11.5 Å². The summed E-state index contributed by atoms with van der Waals surface area (Å²) in [6.45, 7) is 2.11. The van der Waals surface area contributed by atoms with Gasteiger partial charge >= 0.3 is 0 Å². The van der Waals surface area contributed by atoms with Crippen molar-refractivity contribution in [1.82, 2.24) is 9.88 Å². The fourth-order valence-corrected chi connectivity index (χ4v) is 3.03. The highest BCUT2D eigenvalue weighted by atomic mass is 16.5. The molecule has 142 valence electrons. The highest BCUT2D eigenvalue weighted by molar-refractivity contribution is 5.53. The summed E-state index contributed by atoms with van der Waals surface area (Å²) in [5, 5.41) is 0. The van der Waals surface area contributed by atoms with Crippen molar-refractivity contribution in [1.29, 1.82) is 0 Å². The molecule has 0 spiro atoms. The molecule has 0 amide bonds. The second-order valence-electron chi connectivity index (χ2n) is 6.12. The first-order valence-corrected chi connectivity index (χ1v) is 8.66. The zero-order valence-electron chi connectivity index (χ0n) is 15.8. The van der Waals surface area contributed by atoms with E-state index < -0.39 is 0 Å². The molecule has 1 aromatic carbocycles. The average molecular weight is 368 g/mol. The Morgan fingerprint density at radius 1 is 0.889 bits per heavy atom. The van der Waals surface area contributed by atoms with Gasteiger partial charge < -0.3 is 18.6 Å². The second-order valence-corrected chi connectivity index (χ2v) is 6.12. The van der Waals surface area contributed by atoms with Crippen LogP contribution in [0.15, 0.2) is 59.5 Å². The molecule has 0 aliphatic rings. The molecule has 3 rings (SSSR count). The van der Waals surface area contributed by atoms with Gasteiger partial charge in [-0.15, -0.1) is 0 Å². The van der Waals surface area contributed by atoms with E-state index >= 15 is 0 Å². The Labute approximate surface area is 159 Å². The van der Waals surface area contributed by atoms with E-state index in [1.165, 1.54) is 0 Å². The molecular formula is C21H24N2O4. The predicted molar refractivity (Wildman–Crippen MR) is 102 cm³/mol. The van der Waals surface area contributed by atoms with E-state index in [1.807, 2.05) is 36.5 Å². The zero-order chi connectivity index (χ0) is 19.1. The lowest BCUT2D eigenvalue weighted by Gasteiger charge is -2.22. The summed E-state index contributed by atoms with van der Waals surface area (Å²) in [6, 6.07) is 11.8. The van der Waals surface area contributed by atoms with Gasteiger partial charge in [-0.05, 0) is 41.5 Å². The number of benzene rings is 1. The largest absolute Gasteiger partial charge is 0.493 e. The summed E-state index contributed by atoms with van der Waals surface area (Å²) < 4.78 is 21.9. The average Bonchev–Trinajstić information content (AvgIpc) is 3.20. The quantitative estimate of drug-likeness (QED) is 0.571. The van der Waals surface area contributed by atoms with Gasteiger partial charge in [0, 0.05) is 25.5 Å². The van der Waals surface area contributed by atoms with E-state index in [4.69, 9.17) is 18.6 Å². The van der Waals surface area contributed by atoms with E-state index in [1.54, 1.807) is 33.8 Å². The van der Waals surface area contributed by atoms with Gasteiger partial charge in [0.25, 0.3) is 0 Å². The monoisotopic (exact) mass is 368 g/mol. The van der Waals surface area contributed by atoms with E-state index in [2.05, 4.69) is 16.0 Å². The number of nitrogens with zero attached hydrogens (tertiary/aromatic N) is 2. The molecule has 2 aromatic heterocycles. The molecule has 0 aliphatic heterocycles. The van der Waals surface area contributed by atoms with Gasteiger partial charge in [-0.3, -0.25) is 9.88 Å². The smallest absolute Gasteiger partial charge is 0.203 e. The Morgan fingerprint density at radius 2 is 1.63 bits per heavy atom. The summed E-state index contributed by atoms with van der Waals surface area (Å²) in [4.78, 5) is 6.49. The molecule has 0 unspecified atom stereocenters. The van der Waals surface area contributed by atoms with Crippen LogP contribution in [0.5, 0.6) is 17.2 Å². The topological polar surface area (TPSA) is 57.0 Å². The first-order chi connectivity index (χ1) is 13.2. The zero-order valence-corrected chi connectivity index (χ0v) is 15.8. The van der Waals surface area contributed by atoms with Crippen LogP contribution in [0.1, 0.15) is 16.9 Å². The van der Waals surface area contributed by atoms with E-state index in [0.29, 0.717) is 30.3 Å². The number of ether oxygens (including phenoxy) is 3. The van der Waals surface area contributed by atoms with E-state index in [9.17, 15) is 0 Å². The third kappa shape index (κ3) is 4.80. The number of furan rings is 1. The molecule has 3 aromatic rings. The van der Waals surface area contributed by atoms with Crippen LogP contribution in [0, 0.1) is 0 Å². The fourth-order valence-electron chi connectivity index (χ4n) is 3.03. The van der Waals surface area contributed by atoms with Crippen LogP contribution >= 0.6 is 0 Å². The van der Waals surface area contributed by atoms with Crippen molar-refractivity contribution in [2.24, 2.45) is 0 Å². The van der Waals surface area contributed by atoms with Crippen molar-refractivity contribution in [3.8, 4) is 17.2 Å². The van der Waals surface area contributed by atoms with Crippen LogP contribution in [0.3, 0.4) is 0 Å². The molecule has 0 fully saturated rings. The number of hydrogen-bond donors (Lipinski definition) is 0. The Kier molecular flexibility index (Phi) is 6.33. The molecule has 6 nitrogen and oxygen atoms in total. The highest BCUT2D eigenvalue weighted by Gasteiger charge is 2.16. The van der Waals surface area contributed by atoms with Crippen molar-refractivity contribution < 1.29 is 18.6 Å². The maximum Gasteiger partial charge on any atom is 0.203 e. The van der Waals surface area contributed by atoms with Crippen molar-refractivity contribution in [2.45, 2.75) is 19.6 Å². The highest BCUT2D eigenvalue weighted by Crippen LogP contribution is 2.38. The standard InChI is InChI=1S/C21H24N2O4/c1-24-19-10-17(11-20(25-2)21(19)26-3)14-23(15-18-7-5-9-27-18)13-16-6-4-8-22-12-16/h4-12H,13-15H2,1-3H3. The first-order valence-electron chi connectivity index (χ1n) is 8.66. The Hall–Kier alpha value is -2.99. The SMILES string of the molecule is COc1cc(CN(Cc2cccnc2)Cc2ccco2)cc(OC)c1OC. The minimum atomic E-state index is 0.591. The molecule has 2 heterocycles. The number of methoxy groups -OCH3 is 3. The number of aromatic nitrogens is 1. The first kappa shape index (κ1) is 18.8. The van der Waals surface area contributed by atoms with Crippen LogP contribution in [-0.4, -0.2) is 31.2 Å². The molecule has 0 aliphatic carbocycles. The predicted octanol–water partition coefficient (Wildman–Crippen LogP) is 3.90. The van der Waals surface area contributed by atoms with E-state index in [0.717, 1.165) is 23.4 Å². The number of pyridine rings is 1. The minimum absolute atomic E-state index is 0.591. The lowest BCUT2D eigenvalue weighted by Crippen LogP contribution is -2.22. The van der Waals surface area contributed by atoms with Crippen LogP contribution < -0.4 is 14.2 Å². The third-order valence-electron chi connectivity index (χ3n) is 4.22.